The summed E-state index contributed by atoms with van der Waals surface area (Å²) >= 11 is 0. The van der Waals surface area contributed by atoms with Crippen molar-refractivity contribution in [1.29, 1.82) is 0 Å². The fourth-order valence-corrected chi connectivity index (χ4v) is 5.42. The molecule has 4 rings (SSSR count). The number of amides is 1. The number of nitrogens with zero attached hydrogens (tertiary/aromatic N) is 1. The molecule has 4 nitrogen and oxygen atoms in total. The molecular weight excluding hydrogens is 336 g/mol. The van der Waals surface area contributed by atoms with E-state index < -0.39 is 5.91 Å². The molecule has 3 fully saturated rings. The first kappa shape index (κ1) is 20.3. The van der Waals surface area contributed by atoms with Gasteiger partial charge < -0.3 is 0 Å². The van der Waals surface area contributed by atoms with E-state index in [1.165, 1.54) is 50.6 Å². The van der Waals surface area contributed by atoms with Crippen molar-refractivity contribution in [3.63, 3.8) is 0 Å². The van der Waals surface area contributed by atoms with Gasteiger partial charge in [-0.3, -0.25) is 14.9 Å². The van der Waals surface area contributed by atoms with Crippen LogP contribution in [0.1, 0.15) is 75.2 Å². The molecule has 1 aromatic rings. The van der Waals surface area contributed by atoms with Crippen molar-refractivity contribution >= 4 is 5.91 Å². The highest BCUT2D eigenvalue weighted by molar-refractivity contribution is 5.93. The molecule has 0 spiro atoms. The Kier molecular flexibility index (Phi) is 6.59. The first-order chi connectivity index (χ1) is 13.0. The van der Waals surface area contributed by atoms with Crippen LogP contribution in [0.4, 0.5) is 0 Å². The number of fused-ring (bicyclic) bond motifs is 2. The number of rotatable bonds is 9. The molecule has 2 N–H and O–H groups in total. The van der Waals surface area contributed by atoms with Crippen molar-refractivity contribution in [2.75, 3.05) is 13.1 Å². The largest absolute Gasteiger partial charge is 0.299 e. The van der Waals surface area contributed by atoms with Crippen LogP contribution >= 0.6 is 0 Å². The molecule has 1 amide bonds. The number of hydroxylamine groups is 1. The molecular formula is C23H36N2O2. The van der Waals surface area contributed by atoms with E-state index in [9.17, 15) is 4.79 Å². The summed E-state index contributed by atoms with van der Waals surface area (Å²) in [7, 11) is 0. The van der Waals surface area contributed by atoms with Crippen LogP contribution in [0.15, 0.2) is 24.3 Å². The van der Waals surface area contributed by atoms with Gasteiger partial charge in [0.05, 0.1) is 0 Å². The minimum absolute atomic E-state index is 0.453. The Morgan fingerprint density at radius 1 is 1.22 bits per heavy atom. The Morgan fingerprint density at radius 2 is 1.96 bits per heavy atom. The van der Waals surface area contributed by atoms with E-state index in [2.05, 4.69) is 25.7 Å². The molecule has 27 heavy (non-hydrogen) atoms. The Bertz CT molecular complexity index is 624. The molecule has 150 valence electrons. The van der Waals surface area contributed by atoms with Gasteiger partial charge in [0.15, 0.2) is 0 Å². The lowest BCUT2D eigenvalue weighted by molar-refractivity contribution is -0.112. The number of unbranched alkanes of at least 4 members (excludes halogenated alkanes) is 2. The van der Waals surface area contributed by atoms with Crippen LogP contribution in [0, 0.1) is 23.2 Å². The Labute approximate surface area is 164 Å². The first-order valence-electron chi connectivity index (χ1n) is 10.7. The fourth-order valence-electron chi connectivity index (χ4n) is 5.42. The van der Waals surface area contributed by atoms with Crippen LogP contribution in [-0.4, -0.2) is 29.1 Å². The third kappa shape index (κ3) is 4.55. The highest BCUT2D eigenvalue weighted by Gasteiger charge is 2.54. The normalized spacial score (nSPS) is 25.9. The van der Waals surface area contributed by atoms with Crippen molar-refractivity contribution in [2.24, 2.45) is 23.2 Å². The minimum atomic E-state index is -0.453. The molecule has 4 heteroatoms. The summed E-state index contributed by atoms with van der Waals surface area (Å²) < 4.78 is 0. The standard InChI is InChI=1S/C23H36N2O2/c1-4-5-6-13-25(15-17-7-9-18(10-8-17)22(26)24-27)16-19-11-12-20-14-21(19)23(20,2)3/h7-10,19-21,27H,4-6,11-16H2,1-3H3,(H,24,26). The quantitative estimate of drug-likeness (QED) is 0.369. The van der Waals surface area contributed by atoms with Gasteiger partial charge in [-0.25, -0.2) is 5.48 Å². The van der Waals surface area contributed by atoms with E-state index in [4.69, 9.17) is 5.21 Å². The lowest BCUT2D eigenvalue weighted by atomic mass is 9.45. The van der Waals surface area contributed by atoms with E-state index in [1.54, 1.807) is 17.6 Å². The second-order valence-electron chi connectivity index (χ2n) is 9.28. The third-order valence-corrected chi connectivity index (χ3v) is 7.30. The predicted molar refractivity (Wildman–Crippen MR) is 109 cm³/mol. The van der Waals surface area contributed by atoms with Crippen LogP contribution < -0.4 is 5.48 Å². The van der Waals surface area contributed by atoms with Gasteiger partial charge in [-0.05, 0) is 73.1 Å². The lowest BCUT2D eigenvalue weighted by Crippen LogP contribution is -2.54. The molecule has 2 bridgehead atoms. The van der Waals surface area contributed by atoms with Gasteiger partial charge in [0, 0.05) is 18.7 Å². The van der Waals surface area contributed by atoms with E-state index in [0.29, 0.717) is 11.0 Å². The van der Waals surface area contributed by atoms with Crippen molar-refractivity contribution in [3.8, 4) is 0 Å². The van der Waals surface area contributed by atoms with Crippen LogP contribution in [0.2, 0.25) is 0 Å². The van der Waals surface area contributed by atoms with Gasteiger partial charge in [0.2, 0.25) is 0 Å². The zero-order valence-corrected chi connectivity index (χ0v) is 17.2. The molecule has 0 radical (unpaired) electrons. The number of carbonyl (C=O) groups excluding carboxylic acids is 1. The Balaban J connectivity index is 1.63. The molecule has 3 atom stereocenters. The summed E-state index contributed by atoms with van der Waals surface area (Å²) in [5.74, 6) is 2.22. The number of hydrogen-bond acceptors (Lipinski definition) is 3. The summed E-state index contributed by atoms with van der Waals surface area (Å²) in [5, 5.41) is 8.77. The maximum Gasteiger partial charge on any atom is 0.274 e. The highest BCUT2D eigenvalue weighted by atomic mass is 16.5. The van der Waals surface area contributed by atoms with Crippen LogP contribution in [-0.2, 0) is 6.54 Å². The Hall–Kier alpha value is -1.39. The molecule has 0 aromatic heterocycles. The monoisotopic (exact) mass is 372 g/mol. The molecule has 3 aliphatic rings. The van der Waals surface area contributed by atoms with Gasteiger partial charge in [-0.2, -0.15) is 0 Å². The van der Waals surface area contributed by atoms with Crippen LogP contribution in [0.3, 0.4) is 0 Å². The second-order valence-corrected chi connectivity index (χ2v) is 9.28. The second kappa shape index (κ2) is 8.74. The van der Waals surface area contributed by atoms with Crippen molar-refractivity contribution in [1.82, 2.24) is 10.4 Å². The first-order valence-corrected chi connectivity index (χ1v) is 10.7. The number of nitrogens with one attached hydrogen (secondary N) is 1. The van der Waals surface area contributed by atoms with E-state index in [-0.39, 0.29) is 0 Å². The minimum Gasteiger partial charge on any atom is -0.299 e. The zero-order chi connectivity index (χ0) is 19.4. The topological polar surface area (TPSA) is 52.6 Å². The van der Waals surface area contributed by atoms with Crippen molar-refractivity contribution < 1.29 is 10.0 Å². The summed E-state index contributed by atoms with van der Waals surface area (Å²) in [5.41, 5.74) is 3.97. The average molecular weight is 373 g/mol. The fraction of sp³-hybridized carbons (Fsp3) is 0.696. The molecule has 3 aliphatic carbocycles. The summed E-state index contributed by atoms with van der Waals surface area (Å²) in [6, 6.07) is 7.62. The maximum absolute atomic E-state index is 11.5. The van der Waals surface area contributed by atoms with Crippen molar-refractivity contribution in [3.05, 3.63) is 35.4 Å². The summed E-state index contributed by atoms with van der Waals surface area (Å²) in [6.45, 7) is 10.5. The van der Waals surface area contributed by atoms with Crippen molar-refractivity contribution in [2.45, 2.75) is 65.8 Å². The maximum atomic E-state index is 11.5. The van der Waals surface area contributed by atoms with Gasteiger partial charge >= 0.3 is 0 Å². The molecule has 0 heterocycles. The van der Waals surface area contributed by atoms with Crippen LogP contribution in [0.25, 0.3) is 0 Å². The van der Waals surface area contributed by atoms with Gasteiger partial charge in [-0.1, -0.05) is 45.7 Å². The Morgan fingerprint density at radius 3 is 2.56 bits per heavy atom. The third-order valence-electron chi connectivity index (χ3n) is 7.30. The number of hydrogen-bond donors (Lipinski definition) is 2. The van der Waals surface area contributed by atoms with E-state index in [0.717, 1.165) is 30.8 Å². The predicted octanol–water partition coefficient (Wildman–Crippen LogP) is 4.87. The molecule has 1 aromatic carbocycles. The number of benzene rings is 1. The summed E-state index contributed by atoms with van der Waals surface area (Å²) in [4.78, 5) is 14.1. The highest BCUT2D eigenvalue weighted by Crippen LogP contribution is 2.61. The number of carbonyl (C=O) groups is 1. The zero-order valence-electron chi connectivity index (χ0n) is 17.2. The SMILES string of the molecule is CCCCCN(Cc1ccc(C(=O)NO)cc1)CC1CCC2CC1C2(C)C. The average Bonchev–Trinajstić information content (AvgIpc) is 2.68. The molecule has 0 aliphatic heterocycles. The smallest absolute Gasteiger partial charge is 0.274 e. The van der Waals surface area contributed by atoms with E-state index >= 15 is 0 Å². The van der Waals surface area contributed by atoms with Gasteiger partial charge in [0.1, 0.15) is 0 Å². The van der Waals surface area contributed by atoms with Crippen LogP contribution in [0.5, 0.6) is 0 Å². The molecule has 3 unspecified atom stereocenters. The lowest BCUT2D eigenvalue weighted by Gasteiger charge is -2.60. The van der Waals surface area contributed by atoms with E-state index in [1.807, 2.05) is 12.1 Å². The molecule has 0 saturated heterocycles. The van der Waals surface area contributed by atoms with Gasteiger partial charge in [0.25, 0.3) is 5.91 Å². The van der Waals surface area contributed by atoms with Gasteiger partial charge in [-0.15, -0.1) is 0 Å². The molecule has 3 saturated carbocycles. The summed E-state index contributed by atoms with van der Waals surface area (Å²) in [6.07, 6.45) is 8.02.